The summed E-state index contributed by atoms with van der Waals surface area (Å²) in [7, 11) is 0. The summed E-state index contributed by atoms with van der Waals surface area (Å²) in [6.45, 7) is 5.09. The van der Waals surface area contributed by atoms with Crippen molar-refractivity contribution in [1.29, 1.82) is 0 Å². The van der Waals surface area contributed by atoms with Crippen LogP contribution in [0.3, 0.4) is 0 Å². The maximum absolute atomic E-state index is 12.2. The van der Waals surface area contributed by atoms with Crippen molar-refractivity contribution in [1.82, 2.24) is 10.3 Å². The van der Waals surface area contributed by atoms with Gasteiger partial charge in [0.25, 0.3) is 0 Å². The standard InChI is InChI=1S/C18H23N3OS2/c1-12-3-5-14(6-4-12)9-16-13(2)20-18(24-16)21-17(22)10-15-11-23-8-7-19-15/h3-6,15,19H,7-11H2,1-2H3,(H,20,21,22). The van der Waals surface area contributed by atoms with Gasteiger partial charge in [-0.1, -0.05) is 29.8 Å². The molecule has 1 atom stereocenters. The summed E-state index contributed by atoms with van der Waals surface area (Å²) in [5, 5.41) is 7.07. The smallest absolute Gasteiger partial charge is 0.227 e. The molecular formula is C18H23N3OS2. The number of hydrogen-bond acceptors (Lipinski definition) is 5. The van der Waals surface area contributed by atoms with Gasteiger partial charge in [-0.3, -0.25) is 4.79 Å². The fourth-order valence-electron chi connectivity index (χ4n) is 2.68. The minimum atomic E-state index is 0.0469. The number of carbonyl (C=O) groups is 1. The van der Waals surface area contributed by atoms with Gasteiger partial charge in [0, 0.05) is 41.8 Å². The SMILES string of the molecule is Cc1ccc(Cc2sc(NC(=O)CC3CSCCN3)nc2C)cc1. The molecule has 1 amide bonds. The monoisotopic (exact) mass is 361 g/mol. The molecule has 6 heteroatoms. The molecule has 2 N–H and O–H groups in total. The molecule has 1 aliphatic heterocycles. The van der Waals surface area contributed by atoms with E-state index in [2.05, 4.69) is 46.8 Å². The Labute approximate surface area is 151 Å². The summed E-state index contributed by atoms with van der Waals surface area (Å²) in [4.78, 5) is 17.9. The Morgan fingerprint density at radius 3 is 2.83 bits per heavy atom. The van der Waals surface area contributed by atoms with E-state index in [4.69, 9.17) is 0 Å². The molecule has 0 radical (unpaired) electrons. The first-order valence-electron chi connectivity index (χ1n) is 8.23. The Kier molecular flexibility index (Phi) is 5.92. The van der Waals surface area contributed by atoms with Crippen LogP contribution in [0.1, 0.15) is 28.1 Å². The molecule has 24 heavy (non-hydrogen) atoms. The Morgan fingerprint density at radius 1 is 1.33 bits per heavy atom. The zero-order valence-corrected chi connectivity index (χ0v) is 15.7. The summed E-state index contributed by atoms with van der Waals surface area (Å²) < 4.78 is 0. The van der Waals surface area contributed by atoms with Gasteiger partial charge in [-0.2, -0.15) is 11.8 Å². The number of carbonyl (C=O) groups excluding carboxylic acids is 1. The normalized spacial score (nSPS) is 17.7. The lowest BCUT2D eigenvalue weighted by atomic mass is 10.1. The molecule has 0 bridgehead atoms. The predicted octanol–water partition coefficient (Wildman–Crippen LogP) is 3.38. The highest BCUT2D eigenvalue weighted by atomic mass is 32.2. The molecule has 2 heterocycles. The lowest BCUT2D eigenvalue weighted by Crippen LogP contribution is -2.39. The number of thioether (sulfide) groups is 1. The number of thiazole rings is 1. The van der Waals surface area contributed by atoms with E-state index in [9.17, 15) is 4.79 Å². The van der Waals surface area contributed by atoms with E-state index in [-0.39, 0.29) is 11.9 Å². The van der Waals surface area contributed by atoms with Gasteiger partial charge < -0.3 is 10.6 Å². The van der Waals surface area contributed by atoms with Gasteiger partial charge in [0.2, 0.25) is 5.91 Å². The Hall–Kier alpha value is -1.37. The molecule has 1 aromatic carbocycles. The van der Waals surface area contributed by atoms with E-state index in [0.29, 0.717) is 11.6 Å². The largest absolute Gasteiger partial charge is 0.312 e. The Balaban J connectivity index is 1.58. The summed E-state index contributed by atoms with van der Waals surface area (Å²) in [5.74, 6) is 2.18. The number of rotatable bonds is 5. The summed E-state index contributed by atoms with van der Waals surface area (Å²) in [6.07, 6.45) is 1.37. The molecule has 4 nitrogen and oxygen atoms in total. The van der Waals surface area contributed by atoms with Crippen molar-refractivity contribution in [3.8, 4) is 0 Å². The zero-order valence-electron chi connectivity index (χ0n) is 14.1. The first-order valence-corrected chi connectivity index (χ1v) is 10.2. The second-order valence-electron chi connectivity index (χ2n) is 6.17. The van der Waals surface area contributed by atoms with Gasteiger partial charge in [0.1, 0.15) is 0 Å². The maximum Gasteiger partial charge on any atom is 0.227 e. The van der Waals surface area contributed by atoms with Crippen LogP contribution in [0.5, 0.6) is 0 Å². The quantitative estimate of drug-likeness (QED) is 0.857. The number of benzene rings is 1. The predicted molar refractivity (Wildman–Crippen MR) is 103 cm³/mol. The van der Waals surface area contributed by atoms with Crippen LogP contribution < -0.4 is 10.6 Å². The zero-order chi connectivity index (χ0) is 16.9. The van der Waals surface area contributed by atoms with Crippen molar-refractivity contribution >= 4 is 34.1 Å². The van der Waals surface area contributed by atoms with Crippen LogP contribution >= 0.6 is 23.1 Å². The van der Waals surface area contributed by atoms with Gasteiger partial charge in [-0.25, -0.2) is 4.98 Å². The summed E-state index contributed by atoms with van der Waals surface area (Å²) in [6, 6.07) is 8.84. The van der Waals surface area contributed by atoms with E-state index in [0.717, 1.165) is 30.2 Å². The fraction of sp³-hybridized carbons (Fsp3) is 0.444. The maximum atomic E-state index is 12.2. The number of anilines is 1. The third-order valence-electron chi connectivity index (χ3n) is 4.05. The van der Waals surface area contributed by atoms with Crippen molar-refractivity contribution in [3.05, 3.63) is 46.0 Å². The molecular weight excluding hydrogens is 338 g/mol. The topological polar surface area (TPSA) is 54.0 Å². The van der Waals surface area contributed by atoms with E-state index in [1.54, 1.807) is 11.3 Å². The van der Waals surface area contributed by atoms with Crippen LogP contribution in [0.4, 0.5) is 5.13 Å². The van der Waals surface area contributed by atoms with Gasteiger partial charge in [0.05, 0.1) is 5.69 Å². The first kappa shape index (κ1) is 17.5. The molecule has 128 valence electrons. The highest BCUT2D eigenvalue weighted by Crippen LogP contribution is 2.25. The minimum absolute atomic E-state index is 0.0469. The molecule has 3 rings (SSSR count). The third-order valence-corrected chi connectivity index (χ3v) is 6.26. The van der Waals surface area contributed by atoms with Crippen LogP contribution in [0, 0.1) is 13.8 Å². The number of amides is 1. The average molecular weight is 362 g/mol. The van der Waals surface area contributed by atoms with E-state index < -0.39 is 0 Å². The van der Waals surface area contributed by atoms with Crippen LogP contribution in [-0.2, 0) is 11.2 Å². The number of aryl methyl sites for hydroxylation is 2. The lowest BCUT2D eigenvalue weighted by Gasteiger charge is -2.22. The highest BCUT2D eigenvalue weighted by Gasteiger charge is 2.18. The van der Waals surface area contributed by atoms with Crippen molar-refractivity contribution in [2.24, 2.45) is 0 Å². The van der Waals surface area contributed by atoms with E-state index in [1.807, 2.05) is 18.7 Å². The molecule has 1 aliphatic rings. The average Bonchev–Trinajstić information content (AvgIpc) is 2.89. The highest BCUT2D eigenvalue weighted by molar-refractivity contribution is 7.99. The number of hydrogen-bond donors (Lipinski definition) is 2. The first-order chi connectivity index (χ1) is 11.6. The molecule has 0 saturated carbocycles. The Bertz CT molecular complexity index is 691. The van der Waals surface area contributed by atoms with Crippen molar-refractivity contribution < 1.29 is 4.79 Å². The molecule has 1 fully saturated rings. The van der Waals surface area contributed by atoms with Crippen molar-refractivity contribution in [2.75, 3.05) is 23.4 Å². The van der Waals surface area contributed by atoms with Crippen molar-refractivity contribution in [2.45, 2.75) is 32.7 Å². The van der Waals surface area contributed by atoms with Crippen molar-refractivity contribution in [3.63, 3.8) is 0 Å². The van der Waals surface area contributed by atoms with Gasteiger partial charge >= 0.3 is 0 Å². The number of nitrogens with zero attached hydrogens (tertiary/aromatic N) is 1. The number of nitrogens with one attached hydrogen (secondary N) is 2. The van der Waals surface area contributed by atoms with Crippen LogP contribution in [-0.4, -0.2) is 35.0 Å². The van der Waals surface area contributed by atoms with Gasteiger partial charge in [-0.15, -0.1) is 11.3 Å². The lowest BCUT2D eigenvalue weighted by molar-refractivity contribution is -0.116. The molecule has 1 saturated heterocycles. The molecule has 1 unspecified atom stereocenters. The molecule has 2 aromatic rings. The second-order valence-corrected chi connectivity index (χ2v) is 8.40. The molecule has 0 spiro atoms. The van der Waals surface area contributed by atoms with Crippen LogP contribution in [0.2, 0.25) is 0 Å². The summed E-state index contributed by atoms with van der Waals surface area (Å²) >= 11 is 3.48. The molecule has 0 aliphatic carbocycles. The number of aromatic nitrogens is 1. The van der Waals surface area contributed by atoms with E-state index in [1.165, 1.54) is 16.0 Å². The summed E-state index contributed by atoms with van der Waals surface area (Å²) in [5.41, 5.74) is 3.54. The van der Waals surface area contributed by atoms with Crippen LogP contribution in [0.15, 0.2) is 24.3 Å². The van der Waals surface area contributed by atoms with Crippen LogP contribution in [0.25, 0.3) is 0 Å². The third kappa shape index (κ3) is 4.82. The van der Waals surface area contributed by atoms with Gasteiger partial charge in [0.15, 0.2) is 5.13 Å². The molecule has 1 aromatic heterocycles. The van der Waals surface area contributed by atoms with E-state index >= 15 is 0 Å². The second kappa shape index (κ2) is 8.14. The Morgan fingerprint density at radius 2 is 2.12 bits per heavy atom. The fourth-order valence-corrected chi connectivity index (χ4v) is 4.64. The van der Waals surface area contributed by atoms with Gasteiger partial charge in [-0.05, 0) is 19.4 Å². The minimum Gasteiger partial charge on any atom is -0.312 e.